The van der Waals surface area contributed by atoms with Crippen molar-refractivity contribution < 1.29 is 0 Å². The molecule has 0 radical (unpaired) electrons. The minimum Gasteiger partial charge on any atom is -0.366 e. The molecule has 2 rings (SSSR count). The third-order valence-electron chi connectivity index (χ3n) is 3.60. The second-order valence-electron chi connectivity index (χ2n) is 4.43. The summed E-state index contributed by atoms with van der Waals surface area (Å²) in [6.45, 7) is 2.37. The number of hydrogen-bond donors (Lipinski definition) is 1. The van der Waals surface area contributed by atoms with E-state index >= 15 is 0 Å². The molecule has 0 aromatic carbocycles. The van der Waals surface area contributed by atoms with Gasteiger partial charge < -0.3 is 10.2 Å². The van der Waals surface area contributed by atoms with Crippen molar-refractivity contribution in [3.63, 3.8) is 0 Å². The van der Waals surface area contributed by atoms with Crippen molar-refractivity contribution in [2.24, 2.45) is 5.41 Å². The quantitative estimate of drug-likeness (QED) is 0.597. The van der Waals surface area contributed by atoms with Crippen LogP contribution in [0.15, 0.2) is 0 Å². The first-order chi connectivity index (χ1) is 6.26. The second kappa shape index (κ2) is 3.45. The zero-order valence-corrected chi connectivity index (χ0v) is 9.12. The summed E-state index contributed by atoms with van der Waals surface area (Å²) in [6.07, 6.45) is 7.07. The Hall–Kier alpha value is -0.310. The van der Waals surface area contributed by atoms with Crippen LogP contribution in [0.5, 0.6) is 0 Å². The van der Waals surface area contributed by atoms with Crippen LogP contribution in [-0.4, -0.2) is 30.1 Å². The fourth-order valence-electron chi connectivity index (χ4n) is 2.80. The first kappa shape index (κ1) is 9.25. The molecule has 2 nitrogen and oxygen atoms in total. The van der Waals surface area contributed by atoms with Crippen LogP contribution in [0.4, 0.5) is 0 Å². The highest BCUT2D eigenvalue weighted by Gasteiger charge is 2.40. The van der Waals surface area contributed by atoms with Gasteiger partial charge in [-0.25, -0.2) is 0 Å². The molecule has 2 aliphatic rings. The molecule has 1 aliphatic carbocycles. The summed E-state index contributed by atoms with van der Waals surface area (Å²) in [5, 5.41) is 4.00. The summed E-state index contributed by atoms with van der Waals surface area (Å²) in [4.78, 5) is 2.33. The molecule has 1 saturated heterocycles. The van der Waals surface area contributed by atoms with Crippen LogP contribution in [0.3, 0.4) is 0 Å². The third kappa shape index (κ3) is 1.66. The lowest BCUT2D eigenvalue weighted by Gasteiger charge is -2.24. The van der Waals surface area contributed by atoms with Crippen LogP contribution in [-0.2, 0) is 0 Å². The molecule has 1 spiro atoms. The SMILES string of the molecule is CNC(=S)N1CCC2(CCCC2)C1. The summed E-state index contributed by atoms with van der Waals surface area (Å²) in [5.74, 6) is 0. The number of likely N-dealkylation sites (tertiary alicyclic amines) is 1. The maximum atomic E-state index is 5.25. The lowest BCUT2D eigenvalue weighted by molar-refractivity contribution is 0.311. The first-order valence-corrected chi connectivity index (χ1v) is 5.63. The molecule has 13 heavy (non-hydrogen) atoms. The van der Waals surface area contributed by atoms with Crippen molar-refractivity contribution in [1.29, 1.82) is 0 Å². The van der Waals surface area contributed by atoms with Gasteiger partial charge in [-0.3, -0.25) is 0 Å². The van der Waals surface area contributed by atoms with Crippen molar-refractivity contribution in [2.75, 3.05) is 20.1 Å². The first-order valence-electron chi connectivity index (χ1n) is 5.22. The molecule has 0 aromatic heterocycles. The molecule has 0 amide bonds. The minimum absolute atomic E-state index is 0.640. The van der Waals surface area contributed by atoms with E-state index in [1.807, 2.05) is 7.05 Å². The smallest absolute Gasteiger partial charge is 0.168 e. The van der Waals surface area contributed by atoms with Gasteiger partial charge in [0.25, 0.3) is 0 Å². The molecule has 0 bridgehead atoms. The van der Waals surface area contributed by atoms with E-state index in [4.69, 9.17) is 12.2 Å². The molecule has 1 heterocycles. The summed E-state index contributed by atoms with van der Waals surface area (Å²) in [5.41, 5.74) is 0.640. The van der Waals surface area contributed by atoms with Crippen molar-refractivity contribution in [3.05, 3.63) is 0 Å². The highest BCUT2D eigenvalue weighted by atomic mass is 32.1. The van der Waals surface area contributed by atoms with Gasteiger partial charge in [0.1, 0.15) is 0 Å². The molecule has 2 fully saturated rings. The molecule has 1 saturated carbocycles. The van der Waals surface area contributed by atoms with E-state index in [-0.39, 0.29) is 0 Å². The van der Waals surface area contributed by atoms with Crippen LogP contribution < -0.4 is 5.32 Å². The highest BCUT2D eigenvalue weighted by Crippen LogP contribution is 2.45. The van der Waals surface area contributed by atoms with E-state index in [0.717, 1.165) is 5.11 Å². The van der Waals surface area contributed by atoms with Gasteiger partial charge in [0, 0.05) is 20.1 Å². The Morgan fingerprint density at radius 2 is 2.00 bits per heavy atom. The Balaban J connectivity index is 1.96. The standard InChI is InChI=1S/C10H18N2S/c1-11-9(13)12-7-6-10(8-12)4-2-3-5-10/h2-8H2,1H3,(H,11,13). The number of thiocarbonyl (C=S) groups is 1. The highest BCUT2D eigenvalue weighted by molar-refractivity contribution is 7.80. The third-order valence-corrected chi connectivity index (χ3v) is 4.07. The van der Waals surface area contributed by atoms with Gasteiger partial charge >= 0.3 is 0 Å². The van der Waals surface area contributed by atoms with E-state index in [1.54, 1.807) is 0 Å². The fourth-order valence-corrected chi connectivity index (χ4v) is 2.96. The fraction of sp³-hybridized carbons (Fsp3) is 0.900. The lowest BCUT2D eigenvalue weighted by atomic mass is 9.86. The van der Waals surface area contributed by atoms with Crippen LogP contribution in [0, 0.1) is 5.41 Å². The van der Waals surface area contributed by atoms with E-state index in [2.05, 4.69) is 10.2 Å². The summed E-state index contributed by atoms with van der Waals surface area (Å²) in [6, 6.07) is 0. The van der Waals surface area contributed by atoms with Gasteiger partial charge in [-0.1, -0.05) is 12.8 Å². The summed E-state index contributed by atoms with van der Waals surface area (Å²) >= 11 is 5.25. The van der Waals surface area contributed by atoms with Gasteiger partial charge in [0.2, 0.25) is 0 Å². The Bertz CT molecular complexity index is 209. The van der Waals surface area contributed by atoms with Crippen molar-refractivity contribution in [3.8, 4) is 0 Å². The van der Waals surface area contributed by atoms with Crippen molar-refractivity contribution >= 4 is 17.3 Å². The Kier molecular flexibility index (Phi) is 2.45. The van der Waals surface area contributed by atoms with Crippen molar-refractivity contribution in [2.45, 2.75) is 32.1 Å². The molecule has 1 N–H and O–H groups in total. The molecule has 74 valence electrons. The molecular weight excluding hydrogens is 180 g/mol. The number of rotatable bonds is 0. The van der Waals surface area contributed by atoms with Crippen LogP contribution in [0.2, 0.25) is 0 Å². The van der Waals surface area contributed by atoms with Gasteiger partial charge in [-0.05, 0) is 36.9 Å². The van der Waals surface area contributed by atoms with Crippen molar-refractivity contribution in [1.82, 2.24) is 10.2 Å². The zero-order valence-electron chi connectivity index (χ0n) is 8.31. The molecule has 1 aliphatic heterocycles. The molecule has 0 aromatic rings. The van der Waals surface area contributed by atoms with Gasteiger partial charge in [-0.15, -0.1) is 0 Å². The minimum atomic E-state index is 0.640. The predicted molar refractivity (Wildman–Crippen MR) is 58.7 cm³/mol. The number of nitrogens with zero attached hydrogens (tertiary/aromatic N) is 1. The molecule has 0 atom stereocenters. The number of hydrogen-bond acceptors (Lipinski definition) is 1. The van der Waals surface area contributed by atoms with E-state index in [1.165, 1.54) is 45.2 Å². The number of nitrogens with one attached hydrogen (secondary N) is 1. The van der Waals surface area contributed by atoms with E-state index in [9.17, 15) is 0 Å². The van der Waals surface area contributed by atoms with E-state index < -0.39 is 0 Å². The maximum Gasteiger partial charge on any atom is 0.168 e. The van der Waals surface area contributed by atoms with Gasteiger partial charge in [-0.2, -0.15) is 0 Å². The topological polar surface area (TPSA) is 15.3 Å². The Labute approximate surface area is 85.7 Å². The Morgan fingerprint density at radius 3 is 2.62 bits per heavy atom. The van der Waals surface area contributed by atoms with E-state index in [0.29, 0.717) is 5.41 Å². The largest absolute Gasteiger partial charge is 0.366 e. The van der Waals surface area contributed by atoms with Gasteiger partial charge in [0.15, 0.2) is 5.11 Å². The second-order valence-corrected chi connectivity index (χ2v) is 4.82. The van der Waals surface area contributed by atoms with Crippen LogP contribution in [0.25, 0.3) is 0 Å². The Morgan fingerprint density at radius 1 is 1.31 bits per heavy atom. The predicted octanol–water partition coefficient (Wildman–Crippen LogP) is 1.76. The maximum absolute atomic E-state index is 5.25. The molecular formula is C10H18N2S. The zero-order chi connectivity index (χ0) is 9.31. The average molecular weight is 198 g/mol. The average Bonchev–Trinajstić information content (AvgIpc) is 2.76. The monoisotopic (exact) mass is 198 g/mol. The van der Waals surface area contributed by atoms with Gasteiger partial charge in [0.05, 0.1) is 0 Å². The molecule has 3 heteroatoms. The molecule has 0 unspecified atom stereocenters. The lowest BCUT2D eigenvalue weighted by Crippen LogP contribution is -2.37. The van der Waals surface area contributed by atoms with Crippen LogP contribution >= 0.6 is 12.2 Å². The summed E-state index contributed by atoms with van der Waals surface area (Å²) < 4.78 is 0. The normalized spacial score (nSPS) is 25.5. The summed E-state index contributed by atoms with van der Waals surface area (Å²) in [7, 11) is 1.92. The van der Waals surface area contributed by atoms with Crippen LogP contribution in [0.1, 0.15) is 32.1 Å².